The molecule has 0 bridgehead atoms. The third-order valence-electron chi connectivity index (χ3n) is 4.65. The fraction of sp³-hybridized carbons (Fsp3) is 0. The molecule has 0 saturated carbocycles. The van der Waals surface area contributed by atoms with Gasteiger partial charge in [-0.25, -0.2) is 0 Å². The summed E-state index contributed by atoms with van der Waals surface area (Å²) in [5, 5.41) is 32.7. The molecule has 0 radical (unpaired) electrons. The van der Waals surface area contributed by atoms with E-state index in [1.807, 2.05) is 30.3 Å². The number of rotatable bonds is 4. The Morgan fingerprint density at radius 2 is 1.59 bits per heavy atom. The summed E-state index contributed by atoms with van der Waals surface area (Å²) in [6.45, 7) is 0. The van der Waals surface area contributed by atoms with Gasteiger partial charge in [-0.05, 0) is 46.2 Å². The van der Waals surface area contributed by atoms with Crippen molar-refractivity contribution in [3.63, 3.8) is 0 Å². The normalized spacial score (nSPS) is 11.2. The largest absolute Gasteiger partial charge is 0.507 e. The molecule has 4 rings (SSSR count). The van der Waals surface area contributed by atoms with Crippen LogP contribution in [0.3, 0.4) is 0 Å². The third kappa shape index (κ3) is 3.64. The molecule has 2 N–H and O–H groups in total. The molecular weight excluding hydrogens is 368 g/mol. The number of hydrogen-bond acceptors (Lipinski definition) is 5. The maximum absolute atomic E-state index is 11.0. The van der Waals surface area contributed by atoms with Crippen LogP contribution in [0.4, 0.5) is 11.4 Å². The molecule has 0 spiro atoms. The number of phenolic OH excluding ortho intramolecular Hbond substituents is 2. The predicted molar refractivity (Wildman–Crippen MR) is 113 cm³/mol. The van der Waals surface area contributed by atoms with Crippen LogP contribution in [0.15, 0.2) is 83.9 Å². The van der Waals surface area contributed by atoms with Crippen molar-refractivity contribution >= 4 is 28.4 Å². The van der Waals surface area contributed by atoms with Gasteiger partial charge in [-0.3, -0.25) is 15.1 Å². The Morgan fingerprint density at radius 3 is 2.34 bits per heavy atom. The summed E-state index contributed by atoms with van der Waals surface area (Å²) in [4.78, 5) is 14.9. The maximum atomic E-state index is 11.0. The van der Waals surface area contributed by atoms with E-state index in [2.05, 4.69) is 4.99 Å². The molecule has 0 aliphatic rings. The van der Waals surface area contributed by atoms with Gasteiger partial charge in [0.05, 0.1) is 4.92 Å². The molecule has 6 nitrogen and oxygen atoms in total. The number of non-ortho nitro benzene ring substituents is 1. The third-order valence-corrected chi connectivity index (χ3v) is 4.65. The van der Waals surface area contributed by atoms with Crippen LogP contribution in [-0.4, -0.2) is 21.4 Å². The summed E-state index contributed by atoms with van der Waals surface area (Å²) >= 11 is 0. The van der Waals surface area contributed by atoms with Crippen molar-refractivity contribution in [3.05, 3.63) is 94.5 Å². The van der Waals surface area contributed by atoms with E-state index in [9.17, 15) is 20.3 Å². The van der Waals surface area contributed by atoms with Crippen LogP contribution >= 0.6 is 0 Å². The van der Waals surface area contributed by atoms with Gasteiger partial charge in [0.25, 0.3) is 5.69 Å². The van der Waals surface area contributed by atoms with Crippen molar-refractivity contribution in [1.82, 2.24) is 0 Å². The lowest BCUT2D eigenvalue weighted by Crippen LogP contribution is -1.90. The molecule has 4 aromatic carbocycles. The van der Waals surface area contributed by atoms with Gasteiger partial charge in [-0.15, -0.1) is 0 Å². The first kappa shape index (κ1) is 18.2. The SMILES string of the molecule is O=[N+]([O-])c1ccc2c(C=Nc3cc(-c4ccccc4)ccc3O)c(O)ccc2c1. The summed E-state index contributed by atoms with van der Waals surface area (Å²) in [5.41, 5.74) is 2.63. The van der Waals surface area contributed by atoms with Gasteiger partial charge >= 0.3 is 0 Å². The molecule has 0 amide bonds. The molecule has 29 heavy (non-hydrogen) atoms. The second-order valence-corrected chi connectivity index (χ2v) is 6.49. The highest BCUT2D eigenvalue weighted by Gasteiger charge is 2.11. The number of hydrogen-bond donors (Lipinski definition) is 2. The fourth-order valence-electron chi connectivity index (χ4n) is 3.15. The number of nitro benzene ring substituents is 1. The van der Waals surface area contributed by atoms with Gasteiger partial charge < -0.3 is 10.2 Å². The van der Waals surface area contributed by atoms with Crippen molar-refractivity contribution in [3.8, 4) is 22.6 Å². The Morgan fingerprint density at radius 1 is 0.828 bits per heavy atom. The predicted octanol–water partition coefficient (Wildman–Crippen LogP) is 5.58. The van der Waals surface area contributed by atoms with Gasteiger partial charge in [0, 0.05) is 23.9 Å². The molecule has 6 heteroatoms. The fourth-order valence-corrected chi connectivity index (χ4v) is 3.15. The van der Waals surface area contributed by atoms with E-state index in [0.717, 1.165) is 11.1 Å². The Kier molecular flexibility index (Phi) is 4.66. The van der Waals surface area contributed by atoms with Crippen molar-refractivity contribution in [1.29, 1.82) is 0 Å². The number of benzene rings is 4. The van der Waals surface area contributed by atoms with Crippen LogP contribution in [0.25, 0.3) is 21.9 Å². The van der Waals surface area contributed by atoms with E-state index >= 15 is 0 Å². The van der Waals surface area contributed by atoms with E-state index in [1.54, 1.807) is 30.3 Å². The molecule has 0 fully saturated rings. The molecule has 0 aromatic heterocycles. The zero-order chi connectivity index (χ0) is 20.4. The van der Waals surface area contributed by atoms with Crippen molar-refractivity contribution in [2.45, 2.75) is 0 Å². The number of nitrogens with zero attached hydrogens (tertiary/aromatic N) is 2. The van der Waals surface area contributed by atoms with Crippen molar-refractivity contribution < 1.29 is 15.1 Å². The Hall–Kier alpha value is -4.19. The lowest BCUT2D eigenvalue weighted by molar-refractivity contribution is -0.384. The molecule has 0 aliphatic carbocycles. The smallest absolute Gasteiger partial charge is 0.270 e. The standard InChI is InChI=1S/C23H16N2O4/c26-22-10-7-17-12-18(25(28)29)8-9-19(17)20(22)14-24-21-13-16(6-11-23(21)27)15-4-2-1-3-5-15/h1-14,26-27H. The Balaban J connectivity index is 1.77. The first-order chi connectivity index (χ1) is 14.0. The molecule has 0 aliphatic heterocycles. The minimum absolute atomic E-state index is 0.00573. The van der Waals surface area contributed by atoms with E-state index in [4.69, 9.17) is 0 Å². The van der Waals surface area contributed by atoms with Gasteiger partial charge in [-0.2, -0.15) is 0 Å². The zero-order valence-corrected chi connectivity index (χ0v) is 15.2. The Bertz CT molecular complexity index is 1250. The number of nitro groups is 1. The van der Waals surface area contributed by atoms with Crippen molar-refractivity contribution in [2.24, 2.45) is 4.99 Å². The van der Waals surface area contributed by atoms with Crippen molar-refractivity contribution in [2.75, 3.05) is 0 Å². The summed E-state index contributed by atoms with van der Waals surface area (Å²) in [7, 11) is 0. The maximum Gasteiger partial charge on any atom is 0.270 e. The quantitative estimate of drug-likeness (QED) is 0.273. The van der Waals surface area contributed by atoms with E-state index in [-0.39, 0.29) is 17.2 Å². The summed E-state index contributed by atoms with van der Waals surface area (Å²) < 4.78 is 0. The summed E-state index contributed by atoms with van der Waals surface area (Å²) in [6.07, 6.45) is 1.45. The molecule has 142 valence electrons. The highest BCUT2D eigenvalue weighted by molar-refractivity contribution is 6.03. The second-order valence-electron chi connectivity index (χ2n) is 6.49. The zero-order valence-electron chi connectivity index (χ0n) is 15.2. The number of fused-ring (bicyclic) bond motifs is 1. The summed E-state index contributed by atoms with van der Waals surface area (Å²) in [6, 6.07) is 22.3. The number of phenols is 2. The van der Waals surface area contributed by atoms with Gasteiger partial charge in [0.15, 0.2) is 0 Å². The molecule has 4 aromatic rings. The second kappa shape index (κ2) is 7.44. The van der Waals surface area contributed by atoms with Crippen LogP contribution in [-0.2, 0) is 0 Å². The van der Waals surface area contributed by atoms with Crippen LogP contribution in [0.2, 0.25) is 0 Å². The highest BCUT2D eigenvalue weighted by Crippen LogP contribution is 2.33. The average molecular weight is 384 g/mol. The van der Waals surface area contributed by atoms with E-state index < -0.39 is 4.92 Å². The first-order valence-electron chi connectivity index (χ1n) is 8.85. The Labute approximate surface area is 166 Å². The van der Waals surface area contributed by atoms with Crippen LogP contribution in [0.1, 0.15) is 5.56 Å². The van der Waals surface area contributed by atoms with Gasteiger partial charge in [-0.1, -0.05) is 42.5 Å². The molecule has 0 atom stereocenters. The first-order valence-corrected chi connectivity index (χ1v) is 8.85. The molecule has 0 unspecified atom stereocenters. The van der Waals surface area contributed by atoms with E-state index in [0.29, 0.717) is 22.0 Å². The number of aliphatic imine (C=N–C) groups is 1. The minimum atomic E-state index is -0.465. The average Bonchev–Trinajstić information content (AvgIpc) is 2.74. The van der Waals surface area contributed by atoms with Crippen LogP contribution < -0.4 is 0 Å². The van der Waals surface area contributed by atoms with Gasteiger partial charge in [0.1, 0.15) is 17.2 Å². The van der Waals surface area contributed by atoms with Gasteiger partial charge in [0.2, 0.25) is 0 Å². The lowest BCUT2D eigenvalue weighted by Gasteiger charge is -2.07. The lowest BCUT2D eigenvalue weighted by atomic mass is 10.0. The highest BCUT2D eigenvalue weighted by atomic mass is 16.6. The van der Waals surface area contributed by atoms with E-state index in [1.165, 1.54) is 24.4 Å². The topological polar surface area (TPSA) is 96.0 Å². The van der Waals surface area contributed by atoms with Crippen LogP contribution in [0, 0.1) is 10.1 Å². The van der Waals surface area contributed by atoms with Crippen LogP contribution in [0.5, 0.6) is 11.5 Å². The number of aromatic hydroxyl groups is 2. The monoisotopic (exact) mass is 384 g/mol. The summed E-state index contributed by atoms with van der Waals surface area (Å²) in [5.74, 6) is 0.00472. The molecule has 0 saturated heterocycles. The molecule has 0 heterocycles. The minimum Gasteiger partial charge on any atom is -0.507 e. The molecular formula is C23H16N2O4.